The highest BCUT2D eigenvalue weighted by Gasteiger charge is 2.15. The van der Waals surface area contributed by atoms with Crippen LogP contribution in [0.3, 0.4) is 0 Å². The SMILES string of the molecule is Cc1cc(S(=O)(=O)Nc2ccc(NCCN(C)C)nc2)ccc1Cl. The largest absolute Gasteiger partial charge is 0.369 e. The van der Waals surface area contributed by atoms with Crippen molar-refractivity contribution >= 4 is 33.1 Å². The van der Waals surface area contributed by atoms with Crippen molar-refractivity contribution < 1.29 is 8.42 Å². The zero-order valence-corrected chi connectivity index (χ0v) is 15.4. The van der Waals surface area contributed by atoms with E-state index in [1.807, 2.05) is 14.1 Å². The molecule has 0 fully saturated rings. The predicted molar refractivity (Wildman–Crippen MR) is 98.3 cm³/mol. The van der Waals surface area contributed by atoms with Crippen LogP contribution in [0.15, 0.2) is 41.4 Å². The molecule has 2 aromatic rings. The molecule has 2 rings (SSSR count). The summed E-state index contributed by atoms with van der Waals surface area (Å²) in [5.41, 5.74) is 1.11. The first-order chi connectivity index (χ1) is 11.3. The minimum atomic E-state index is -3.67. The lowest BCUT2D eigenvalue weighted by Gasteiger charge is -2.12. The van der Waals surface area contributed by atoms with E-state index < -0.39 is 10.0 Å². The summed E-state index contributed by atoms with van der Waals surface area (Å²) in [6.45, 7) is 3.40. The molecular weight excluding hydrogens is 348 g/mol. The van der Waals surface area contributed by atoms with E-state index in [9.17, 15) is 8.42 Å². The molecule has 1 heterocycles. The van der Waals surface area contributed by atoms with Crippen molar-refractivity contribution in [1.29, 1.82) is 0 Å². The molecule has 24 heavy (non-hydrogen) atoms. The van der Waals surface area contributed by atoms with Crippen LogP contribution < -0.4 is 10.0 Å². The van der Waals surface area contributed by atoms with Crippen molar-refractivity contribution in [2.75, 3.05) is 37.2 Å². The van der Waals surface area contributed by atoms with Gasteiger partial charge in [0, 0.05) is 18.1 Å². The van der Waals surface area contributed by atoms with Crippen LogP contribution >= 0.6 is 11.6 Å². The number of benzene rings is 1. The molecule has 0 aliphatic rings. The van der Waals surface area contributed by atoms with E-state index in [1.165, 1.54) is 18.3 Å². The number of likely N-dealkylation sites (N-methyl/N-ethyl adjacent to an activating group) is 1. The van der Waals surface area contributed by atoms with Gasteiger partial charge in [-0.05, 0) is 56.9 Å². The van der Waals surface area contributed by atoms with Gasteiger partial charge in [-0.15, -0.1) is 0 Å². The van der Waals surface area contributed by atoms with Gasteiger partial charge >= 0.3 is 0 Å². The monoisotopic (exact) mass is 368 g/mol. The van der Waals surface area contributed by atoms with Gasteiger partial charge in [-0.2, -0.15) is 0 Å². The van der Waals surface area contributed by atoms with Gasteiger partial charge in [0.15, 0.2) is 0 Å². The van der Waals surface area contributed by atoms with Gasteiger partial charge in [-0.1, -0.05) is 11.6 Å². The van der Waals surface area contributed by atoms with E-state index in [0.29, 0.717) is 22.1 Å². The van der Waals surface area contributed by atoms with E-state index in [-0.39, 0.29) is 4.90 Å². The summed E-state index contributed by atoms with van der Waals surface area (Å²) in [4.78, 5) is 6.43. The highest BCUT2D eigenvalue weighted by molar-refractivity contribution is 7.92. The fraction of sp³-hybridized carbons (Fsp3) is 0.312. The summed E-state index contributed by atoms with van der Waals surface area (Å²) in [5, 5.41) is 3.70. The van der Waals surface area contributed by atoms with Crippen LogP contribution in [0.5, 0.6) is 0 Å². The highest BCUT2D eigenvalue weighted by atomic mass is 35.5. The predicted octanol–water partition coefficient (Wildman–Crippen LogP) is 2.82. The molecule has 0 aliphatic heterocycles. The first kappa shape index (κ1) is 18.5. The number of aryl methyl sites for hydroxylation is 1. The Kier molecular flexibility index (Phi) is 6.04. The van der Waals surface area contributed by atoms with Crippen molar-refractivity contribution in [1.82, 2.24) is 9.88 Å². The minimum Gasteiger partial charge on any atom is -0.369 e. The Morgan fingerprint density at radius 3 is 2.54 bits per heavy atom. The molecule has 0 radical (unpaired) electrons. The molecule has 0 saturated heterocycles. The number of rotatable bonds is 7. The van der Waals surface area contributed by atoms with Crippen LogP contribution in [-0.4, -0.2) is 45.5 Å². The number of halogens is 1. The Balaban J connectivity index is 2.05. The van der Waals surface area contributed by atoms with Gasteiger partial charge in [-0.3, -0.25) is 4.72 Å². The molecule has 0 unspecified atom stereocenters. The number of nitrogens with one attached hydrogen (secondary N) is 2. The summed E-state index contributed by atoms with van der Waals surface area (Å²) >= 11 is 5.93. The molecule has 1 aromatic heterocycles. The van der Waals surface area contributed by atoms with Gasteiger partial charge < -0.3 is 10.2 Å². The lowest BCUT2D eigenvalue weighted by molar-refractivity contribution is 0.425. The quantitative estimate of drug-likeness (QED) is 0.786. The van der Waals surface area contributed by atoms with Crippen LogP contribution in [0.2, 0.25) is 5.02 Å². The third kappa shape index (κ3) is 5.09. The van der Waals surface area contributed by atoms with Crippen molar-refractivity contribution in [3.8, 4) is 0 Å². The molecule has 0 saturated carbocycles. The van der Waals surface area contributed by atoms with Gasteiger partial charge in [0.25, 0.3) is 10.0 Å². The van der Waals surface area contributed by atoms with E-state index >= 15 is 0 Å². The van der Waals surface area contributed by atoms with Crippen molar-refractivity contribution in [3.63, 3.8) is 0 Å². The van der Waals surface area contributed by atoms with Crippen molar-refractivity contribution in [3.05, 3.63) is 47.1 Å². The van der Waals surface area contributed by atoms with Gasteiger partial charge in [-0.25, -0.2) is 13.4 Å². The molecule has 0 atom stereocenters. The summed E-state index contributed by atoms with van der Waals surface area (Å²) < 4.78 is 27.3. The first-order valence-corrected chi connectivity index (χ1v) is 9.28. The number of hydrogen-bond acceptors (Lipinski definition) is 5. The Morgan fingerprint density at radius 2 is 1.96 bits per heavy atom. The van der Waals surface area contributed by atoms with Crippen molar-refractivity contribution in [2.45, 2.75) is 11.8 Å². The number of pyridine rings is 1. The third-order valence-electron chi connectivity index (χ3n) is 3.32. The van der Waals surface area contributed by atoms with Crippen LogP contribution in [0.1, 0.15) is 5.56 Å². The number of anilines is 2. The highest BCUT2D eigenvalue weighted by Crippen LogP contribution is 2.21. The molecule has 0 amide bonds. The minimum absolute atomic E-state index is 0.164. The number of aromatic nitrogens is 1. The Hall–Kier alpha value is -1.83. The lowest BCUT2D eigenvalue weighted by atomic mass is 10.2. The normalized spacial score (nSPS) is 11.5. The molecule has 1 aromatic carbocycles. The Labute approximate surface area is 147 Å². The lowest BCUT2D eigenvalue weighted by Crippen LogP contribution is -2.21. The number of nitrogens with zero attached hydrogens (tertiary/aromatic N) is 2. The molecule has 0 aliphatic carbocycles. The maximum Gasteiger partial charge on any atom is 0.261 e. The number of sulfonamides is 1. The Morgan fingerprint density at radius 1 is 1.21 bits per heavy atom. The topological polar surface area (TPSA) is 74.3 Å². The fourth-order valence-electron chi connectivity index (χ4n) is 1.96. The molecule has 0 bridgehead atoms. The third-order valence-corrected chi connectivity index (χ3v) is 5.12. The Bertz CT molecular complexity index is 792. The van der Waals surface area contributed by atoms with Gasteiger partial charge in [0.05, 0.1) is 16.8 Å². The van der Waals surface area contributed by atoms with Crippen LogP contribution in [-0.2, 0) is 10.0 Å². The van der Waals surface area contributed by atoms with Crippen LogP contribution in [0.25, 0.3) is 0 Å². The van der Waals surface area contributed by atoms with E-state index in [4.69, 9.17) is 11.6 Å². The fourth-order valence-corrected chi connectivity index (χ4v) is 3.21. The summed E-state index contributed by atoms with van der Waals surface area (Å²) in [5.74, 6) is 0.696. The molecule has 0 spiro atoms. The zero-order chi connectivity index (χ0) is 17.7. The average molecular weight is 369 g/mol. The average Bonchev–Trinajstić information content (AvgIpc) is 2.51. The molecular formula is C16H21ClN4O2S. The first-order valence-electron chi connectivity index (χ1n) is 7.41. The van der Waals surface area contributed by atoms with E-state index in [0.717, 1.165) is 13.1 Å². The smallest absolute Gasteiger partial charge is 0.261 e. The maximum absolute atomic E-state index is 12.4. The summed E-state index contributed by atoms with van der Waals surface area (Å²) in [7, 11) is 0.314. The molecule has 6 nitrogen and oxygen atoms in total. The summed E-state index contributed by atoms with van der Waals surface area (Å²) in [6, 6.07) is 7.99. The van der Waals surface area contributed by atoms with Crippen LogP contribution in [0, 0.1) is 6.92 Å². The number of hydrogen-bond donors (Lipinski definition) is 2. The standard InChI is InChI=1S/C16H21ClN4O2S/c1-12-10-14(5-6-15(12)17)24(22,23)20-13-4-7-16(19-11-13)18-8-9-21(2)3/h4-7,10-11,20H,8-9H2,1-3H3,(H,18,19). The second-order valence-electron chi connectivity index (χ2n) is 5.68. The molecule has 2 N–H and O–H groups in total. The van der Waals surface area contributed by atoms with Crippen LogP contribution in [0.4, 0.5) is 11.5 Å². The second kappa shape index (κ2) is 7.83. The molecule has 130 valence electrons. The molecule has 8 heteroatoms. The zero-order valence-electron chi connectivity index (χ0n) is 13.9. The summed E-state index contributed by atoms with van der Waals surface area (Å²) in [6.07, 6.45) is 1.48. The second-order valence-corrected chi connectivity index (χ2v) is 7.77. The van der Waals surface area contributed by atoms with Gasteiger partial charge in [0.1, 0.15) is 5.82 Å². The van der Waals surface area contributed by atoms with Gasteiger partial charge in [0.2, 0.25) is 0 Å². The van der Waals surface area contributed by atoms with E-state index in [1.54, 1.807) is 25.1 Å². The maximum atomic E-state index is 12.4. The van der Waals surface area contributed by atoms with Crippen molar-refractivity contribution in [2.24, 2.45) is 0 Å². The van der Waals surface area contributed by atoms with E-state index in [2.05, 4.69) is 19.9 Å².